The molecule has 1 aromatic heterocycles. The number of rotatable bonds is 7. The molecule has 0 bridgehead atoms. The Hall–Kier alpha value is -2.64. The van der Waals surface area contributed by atoms with Crippen LogP contribution in [-0.4, -0.2) is 23.2 Å². The topological polar surface area (TPSA) is 75.6 Å². The second-order valence-corrected chi connectivity index (χ2v) is 8.56. The lowest BCUT2D eigenvalue weighted by Gasteiger charge is -2.13. The summed E-state index contributed by atoms with van der Waals surface area (Å²) in [6, 6.07) is 7.28. The van der Waals surface area contributed by atoms with Crippen LogP contribution in [0.5, 0.6) is 5.75 Å². The number of thiazole rings is 1. The van der Waals surface area contributed by atoms with Crippen molar-refractivity contribution in [1.82, 2.24) is 4.98 Å². The number of hydrogen-bond acceptors (Lipinski definition) is 6. The number of carbonyl (C=O) groups is 1. The number of aryl methyl sites for hydroxylation is 3. The van der Waals surface area contributed by atoms with E-state index in [1.807, 2.05) is 33.8 Å². The fraction of sp³-hybridized carbons (Fsp3) is 0.318. The van der Waals surface area contributed by atoms with E-state index in [0.29, 0.717) is 10.8 Å². The number of carbonyl (C=O) groups excluding carboxylic acids is 1. The molecule has 2 aromatic carbocycles. The number of fused-ring (bicyclic) bond motifs is 1. The van der Waals surface area contributed by atoms with Crippen LogP contribution in [0.3, 0.4) is 0 Å². The van der Waals surface area contributed by atoms with Gasteiger partial charge < -0.3 is 10.1 Å². The van der Waals surface area contributed by atoms with Gasteiger partial charge in [0, 0.05) is 16.4 Å². The third-order valence-electron chi connectivity index (χ3n) is 4.73. The number of anilines is 2. The summed E-state index contributed by atoms with van der Waals surface area (Å²) in [6.07, 6.45) is 0.879. The lowest BCUT2D eigenvalue weighted by Crippen LogP contribution is -2.21. The van der Waals surface area contributed by atoms with Crippen LogP contribution in [0.15, 0.2) is 29.4 Å². The van der Waals surface area contributed by atoms with Crippen molar-refractivity contribution in [3.63, 3.8) is 0 Å². The quantitative estimate of drug-likeness (QED) is 0.341. The van der Waals surface area contributed by atoms with Crippen LogP contribution in [-0.2, 0) is 4.79 Å². The zero-order chi connectivity index (χ0) is 21.8. The summed E-state index contributed by atoms with van der Waals surface area (Å²) >= 11 is 7.48. The van der Waals surface area contributed by atoms with Gasteiger partial charge in [0.25, 0.3) is 5.91 Å². The smallest absolute Gasteiger partial charge is 0.262 e. The Morgan fingerprint density at radius 2 is 2.00 bits per heavy atom. The normalized spacial score (nSPS) is 11.6. The van der Waals surface area contributed by atoms with E-state index in [9.17, 15) is 4.79 Å². The van der Waals surface area contributed by atoms with Gasteiger partial charge in [0.05, 0.1) is 10.2 Å². The molecule has 6 nitrogen and oxygen atoms in total. The monoisotopic (exact) mass is 444 g/mol. The van der Waals surface area contributed by atoms with Crippen LogP contribution in [0.1, 0.15) is 37.0 Å². The number of nitrogens with zero attached hydrogens (tertiary/aromatic N) is 2. The van der Waals surface area contributed by atoms with E-state index in [1.165, 1.54) is 11.3 Å². The summed E-state index contributed by atoms with van der Waals surface area (Å²) in [7, 11) is 0. The first kappa shape index (κ1) is 22.1. The van der Waals surface area contributed by atoms with Gasteiger partial charge in [-0.25, -0.2) is 4.98 Å². The Morgan fingerprint density at radius 3 is 2.70 bits per heavy atom. The number of nitrogens with one attached hydrogen (secondary N) is 2. The Bertz CT molecular complexity index is 1120. The average molecular weight is 445 g/mol. The first-order chi connectivity index (χ1) is 14.3. The lowest BCUT2D eigenvalue weighted by atomic mass is 10.1. The molecule has 0 fully saturated rings. The van der Waals surface area contributed by atoms with Gasteiger partial charge in [-0.3, -0.25) is 10.2 Å². The van der Waals surface area contributed by atoms with E-state index in [1.54, 1.807) is 18.2 Å². The first-order valence-electron chi connectivity index (χ1n) is 9.67. The molecule has 0 saturated heterocycles. The zero-order valence-corrected chi connectivity index (χ0v) is 19.3. The molecule has 0 aliphatic carbocycles. The SMILES string of the molecule is CC/C(C)=N\Nc1nc2cc(C)c(NC(=O)COc3ccc(Cl)cc3C)c(C)c2s1. The standard InChI is InChI=1S/C22H25ClN4O2S/c1-6-14(4)26-27-22-24-17-10-13(3)20(15(5)21(17)30-22)25-19(28)11-29-18-8-7-16(23)9-12(18)2/h7-10H,6,11H2,1-5H3,(H,24,27)(H,25,28)/b26-14-. The van der Waals surface area contributed by atoms with Crippen molar-refractivity contribution in [2.24, 2.45) is 5.10 Å². The van der Waals surface area contributed by atoms with Gasteiger partial charge in [0.1, 0.15) is 5.75 Å². The second-order valence-electron chi connectivity index (χ2n) is 7.12. The molecule has 0 spiro atoms. The van der Waals surface area contributed by atoms with Gasteiger partial charge in [-0.15, -0.1) is 0 Å². The minimum atomic E-state index is -0.221. The van der Waals surface area contributed by atoms with Gasteiger partial charge in [0.15, 0.2) is 6.61 Å². The number of hydrazone groups is 1. The maximum Gasteiger partial charge on any atom is 0.262 e. The van der Waals surface area contributed by atoms with Gasteiger partial charge in [-0.05, 0) is 75.1 Å². The number of benzene rings is 2. The molecule has 158 valence electrons. The van der Waals surface area contributed by atoms with Crippen molar-refractivity contribution < 1.29 is 9.53 Å². The number of halogens is 1. The van der Waals surface area contributed by atoms with Crippen molar-refractivity contribution in [3.8, 4) is 5.75 Å². The molecule has 2 N–H and O–H groups in total. The molecule has 1 amide bonds. The van der Waals surface area contributed by atoms with Crippen LogP contribution in [0, 0.1) is 20.8 Å². The Balaban J connectivity index is 1.75. The highest BCUT2D eigenvalue weighted by Gasteiger charge is 2.15. The van der Waals surface area contributed by atoms with Crippen molar-refractivity contribution in [3.05, 3.63) is 46.0 Å². The maximum absolute atomic E-state index is 12.5. The summed E-state index contributed by atoms with van der Waals surface area (Å²) in [5.41, 5.74) is 8.49. The molecule has 0 aliphatic rings. The molecule has 0 saturated carbocycles. The Morgan fingerprint density at radius 1 is 1.23 bits per heavy atom. The maximum atomic E-state index is 12.5. The molecule has 0 radical (unpaired) electrons. The first-order valence-corrected chi connectivity index (χ1v) is 10.9. The average Bonchev–Trinajstić information content (AvgIpc) is 3.11. The highest BCUT2D eigenvalue weighted by molar-refractivity contribution is 7.22. The van der Waals surface area contributed by atoms with Gasteiger partial charge in [0.2, 0.25) is 5.13 Å². The number of hydrogen-bond donors (Lipinski definition) is 2. The third kappa shape index (κ3) is 5.09. The highest BCUT2D eigenvalue weighted by Crippen LogP contribution is 2.35. The predicted octanol–water partition coefficient (Wildman–Crippen LogP) is 6.09. The number of amides is 1. The van der Waals surface area contributed by atoms with Crippen LogP contribution >= 0.6 is 22.9 Å². The summed E-state index contributed by atoms with van der Waals surface area (Å²) in [4.78, 5) is 17.1. The van der Waals surface area contributed by atoms with Crippen molar-refractivity contribution in [2.75, 3.05) is 17.3 Å². The summed E-state index contributed by atoms with van der Waals surface area (Å²) < 4.78 is 6.67. The van der Waals surface area contributed by atoms with Gasteiger partial charge in [-0.2, -0.15) is 5.10 Å². The van der Waals surface area contributed by atoms with E-state index < -0.39 is 0 Å². The largest absolute Gasteiger partial charge is 0.483 e. The van der Waals surface area contributed by atoms with Crippen LogP contribution in [0.25, 0.3) is 10.2 Å². The summed E-state index contributed by atoms with van der Waals surface area (Å²) in [6.45, 7) is 9.77. The van der Waals surface area contributed by atoms with Crippen molar-refractivity contribution in [2.45, 2.75) is 41.0 Å². The molecule has 8 heteroatoms. The summed E-state index contributed by atoms with van der Waals surface area (Å²) in [5.74, 6) is 0.417. The van der Waals surface area contributed by atoms with E-state index in [0.717, 1.165) is 49.9 Å². The molecule has 0 unspecified atom stereocenters. The third-order valence-corrected chi connectivity index (χ3v) is 6.06. The minimum absolute atomic E-state index is 0.0834. The van der Waals surface area contributed by atoms with Crippen molar-refractivity contribution in [1.29, 1.82) is 0 Å². The molecule has 3 rings (SSSR count). The van der Waals surface area contributed by atoms with Crippen LogP contribution in [0.4, 0.5) is 10.8 Å². The second kappa shape index (κ2) is 9.45. The fourth-order valence-corrected chi connectivity index (χ4v) is 4.06. The van der Waals surface area contributed by atoms with Crippen molar-refractivity contribution >= 4 is 55.6 Å². The van der Waals surface area contributed by atoms with E-state index in [2.05, 4.69) is 27.8 Å². The van der Waals surface area contributed by atoms with E-state index >= 15 is 0 Å². The molecule has 0 aliphatic heterocycles. The lowest BCUT2D eigenvalue weighted by molar-refractivity contribution is -0.118. The van der Waals surface area contributed by atoms with Crippen LogP contribution < -0.4 is 15.5 Å². The fourth-order valence-electron chi connectivity index (χ4n) is 2.94. The van der Waals surface area contributed by atoms with Gasteiger partial charge in [-0.1, -0.05) is 29.9 Å². The number of aromatic nitrogens is 1. The highest BCUT2D eigenvalue weighted by atomic mass is 35.5. The molecule has 3 aromatic rings. The van der Waals surface area contributed by atoms with E-state index in [-0.39, 0.29) is 12.5 Å². The van der Waals surface area contributed by atoms with Gasteiger partial charge >= 0.3 is 0 Å². The molecular formula is C22H25ClN4O2S. The summed E-state index contributed by atoms with van der Waals surface area (Å²) in [5, 5.41) is 8.66. The Kier molecular flexibility index (Phi) is 6.95. The minimum Gasteiger partial charge on any atom is -0.483 e. The number of ether oxygens (including phenoxy) is 1. The molecular weight excluding hydrogens is 420 g/mol. The van der Waals surface area contributed by atoms with Crippen LogP contribution in [0.2, 0.25) is 5.02 Å². The zero-order valence-electron chi connectivity index (χ0n) is 17.7. The molecule has 0 atom stereocenters. The Labute approximate surface area is 185 Å². The predicted molar refractivity (Wildman–Crippen MR) is 126 cm³/mol. The van der Waals surface area contributed by atoms with E-state index in [4.69, 9.17) is 16.3 Å². The molecule has 1 heterocycles. The molecule has 30 heavy (non-hydrogen) atoms.